The molecule has 0 aliphatic rings. The average Bonchev–Trinajstić information content (AvgIpc) is 2.58. The lowest BCUT2D eigenvalue weighted by molar-refractivity contribution is -0.138. The minimum absolute atomic E-state index is 0.0618. The van der Waals surface area contributed by atoms with Gasteiger partial charge in [-0.1, -0.05) is 31.2 Å². The van der Waals surface area contributed by atoms with Crippen LogP contribution < -0.4 is 10.6 Å². The van der Waals surface area contributed by atoms with Gasteiger partial charge < -0.3 is 20.3 Å². The van der Waals surface area contributed by atoms with E-state index in [-0.39, 0.29) is 18.5 Å². The SMILES string of the molecule is CCc1ccc(C(C(=O)NC(C)C)N(C)C(=O)CNC(=O)OC(C)(C)C)cc1. The Morgan fingerprint density at radius 1 is 1.11 bits per heavy atom. The van der Waals surface area contributed by atoms with Gasteiger partial charge in [0, 0.05) is 13.1 Å². The second kappa shape index (κ2) is 10.1. The third kappa shape index (κ3) is 7.58. The topological polar surface area (TPSA) is 87.7 Å². The van der Waals surface area contributed by atoms with Crippen LogP contribution in [0.3, 0.4) is 0 Å². The molecule has 1 aromatic rings. The van der Waals surface area contributed by atoms with Crippen molar-refractivity contribution in [3.63, 3.8) is 0 Å². The summed E-state index contributed by atoms with van der Waals surface area (Å²) in [5.41, 5.74) is 1.20. The van der Waals surface area contributed by atoms with Crippen LogP contribution in [0.1, 0.15) is 58.7 Å². The summed E-state index contributed by atoms with van der Waals surface area (Å²) in [6.07, 6.45) is 0.210. The van der Waals surface area contributed by atoms with Crippen molar-refractivity contribution in [2.24, 2.45) is 0 Å². The van der Waals surface area contributed by atoms with Gasteiger partial charge in [0.1, 0.15) is 18.2 Å². The maximum atomic E-state index is 12.8. The summed E-state index contributed by atoms with van der Waals surface area (Å²) < 4.78 is 5.14. The molecule has 1 unspecified atom stereocenters. The van der Waals surface area contributed by atoms with Crippen molar-refractivity contribution in [2.75, 3.05) is 13.6 Å². The van der Waals surface area contributed by atoms with Crippen LogP contribution in [-0.2, 0) is 20.7 Å². The van der Waals surface area contributed by atoms with Gasteiger partial charge in [-0.2, -0.15) is 0 Å². The number of carbonyl (C=O) groups is 3. The monoisotopic (exact) mass is 391 g/mol. The van der Waals surface area contributed by atoms with E-state index in [1.165, 1.54) is 4.90 Å². The van der Waals surface area contributed by atoms with Crippen molar-refractivity contribution in [2.45, 2.75) is 65.6 Å². The third-order valence-electron chi connectivity index (χ3n) is 3.95. The summed E-state index contributed by atoms with van der Waals surface area (Å²) in [5, 5.41) is 5.30. The van der Waals surface area contributed by atoms with E-state index in [4.69, 9.17) is 4.74 Å². The molecule has 1 atom stereocenters. The zero-order chi connectivity index (χ0) is 21.5. The Balaban J connectivity index is 2.93. The maximum absolute atomic E-state index is 12.8. The summed E-state index contributed by atoms with van der Waals surface area (Å²) in [7, 11) is 1.55. The Kier molecular flexibility index (Phi) is 8.47. The number of nitrogens with zero attached hydrogens (tertiary/aromatic N) is 1. The molecular formula is C21H33N3O4. The van der Waals surface area contributed by atoms with Gasteiger partial charge in [0.15, 0.2) is 0 Å². The number of nitrogens with one attached hydrogen (secondary N) is 2. The molecule has 2 N–H and O–H groups in total. The van der Waals surface area contributed by atoms with E-state index in [1.807, 2.05) is 38.1 Å². The van der Waals surface area contributed by atoms with E-state index in [0.717, 1.165) is 12.0 Å². The molecule has 0 bridgehead atoms. The first-order valence-electron chi connectivity index (χ1n) is 9.56. The van der Waals surface area contributed by atoms with Crippen molar-refractivity contribution in [1.82, 2.24) is 15.5 Å². The number of rotatable bonds is 7. The molecule has 7 nitrogen and oxygen atoms in total. The summed E-state index contributed by atoms with van der Waals surface area (Å²) in [6.45, 7) is 10.7. The fraction of sp³-hybridized carbons (Fsp3) is 0.571. The molecule has 3 amide bonds. The zero-order valence-corrected chi connectivity index (χ0v) is 18.0. The molecule has 1 aromatic carbocycles. The molecule has 0 aliphatic carbocycles. The van der Waals surface area contributed by atoms with Gasteiger partial charge in [0.2, 0.25) is 11.8 Å². The molecule has 7 heteroatoms. The van der Waals surface area contributed by atoms with E-state index in [1.54, 1.807) is 27.8 Å². The first-order valence-corrected chi connectivity index (χ1v) is 9.56. The van der Waals surface area contributed by atoms with Crippen molar-refractivity contribution in [1.29, 1.82) is 0 Å². The molecule has 1 rings (SSSR count). The molecule has 0 radical (unpaired) electrons. The van der Waals surface area contributed by atoms with Crippen LogP contribution >= 0.6 is 0 Å². The molecule has 0 fully saturated rings. The van der Waals surface area contributed by atoms with Gasteiger partial charge in [-0.3, -0.25) is 9.59 Å². The van der Waals surface area contributed by atoms with Crippen molar-refractivity contribution in [3.05, 3.63) is 35.4 Å². The molecule has 28 heavy (non-hydrogen) atoms. The zero-order valence-electron chi connectivity index (χ0n) is 18.0. The Morgan fingerprint density at radius 2 is 1.68 bits per heavy atom. The minimum Gasteiger partial charge on any atom is -0.444 e. The minimum atomic E-state index is -0.791. The first kappa shape index (κ1) is 23.5. The lowest BCUT2D eigenvalue weighted by atomic mass is 10.0. The van der Waals surface area contributed by atoms with Gasteiger partial charge in [-0.15, -0.1) is 0 Å². The lowest BCUT2D eigenvalue weighted by Gasteiger charge is -2.29. The number of ether oxygens (including phenoxy) is 1. The average molecular weight is 392 g/mol. The highest BCUT2D eigenvalue weighted by Crippen LogP contribution is 2.21. The normalized spacial score (nSPS) is 12.3. The van der Waals surface area contributed by atoms with E-state index >= 15 is 0 Å². The smallest absolute Gasteiger partial charge is 0.408 e. The third-order valence-corrected chi connectivity index (χ3v) is 3.95. The number of hydrogen-bond donors (Lipinski definition) is 2. The van der Waals surface area contributed by atoms with E-state index in [9.17, 15) is 14.4 Å². The van der Waals surface area contributed by atoms with Crippen molar-refractivity contribution in [3.8, 4) is 0 Å². The molecule has 0 heterocycles. The van der Waals surface area contributed by atoms with Gasteiger partial charge in [0.05, 0.1) is 0 Å². The number of aryl methyl sites for hydroxylation is 1. The Bertz CT molecular complexity index is 678. The first-order chi connectivity index (χ1) is 12.9. The largest absolute Gasteiger partial charge is 0.444 e. The second-order valence-corrected chi connectivity index (χ2v) is 8.02. The summed E-state index contributed by atoms with van der Waals surface area (Å²) in [4.78, 5) is 38.5. The highest BCUT2D eigenvalue weighted by Gasteiger charge is 2.29. The number of benzene rings is 1. The molecular weight excluding hydrogens is 358 g/mol. The maximum Gasteiger partial charge on any atom is 0.408 e. The van der Waals surface area contributed by atoms with E-state index in [0.29, 0.717) is 5.56 Å². The Morgan fingerprint density at radius 3 is 2.14 bits per heavy atom. The standard InChI is InChI=1S/C21H33N3O4/c1-8-15-9-11-16(12-10-15)18(19(26)23-14(2)3)24(7)17(25)13-22-20(27)28-21(4,5)6/h9-12,14,18H,8,13H2,1-7H3,(H,22,27)(H,23,26). The van der Waals surface area contributed by atoms with Crippen LogP contribution in [0.25, 0.3) is 0 Å². The number of carbonyl (C=O) groups excluding carboxylic acids is 3. The van der Waals surface area contributed by atoms with Crippen LogP contribution in [0.4, 0.5) is 4.79 Å². The molecule has 0 aromatic heterocycles. The number of likely N-dealkylation sites (N-methyl/N-ethyl adjacent to an activating group) is 1. The summed E-state index contributed by atoms with van der Waals surface area (Å²) >= 11 is 0. The van der Waals surface area contributed by atoms with Crippen LogP contribution in [-0.4, -0.2) is 48.0 Å². The highest BCUT2D eigenvalue weighted by molar-refractivity contribution is 5.90. The quantitative estimate of drug-likeness (QED) is 0.748. The van der Waals surface area contributed by atoms with E-state index < -0.39 is 23.6 Å². The van der Waals surface area contributed by atoms with Crippen LogP contribution in [0.15, 0.2) is 24.3 Å². The highest BCUT2D eigenvalue weighted by atomic mass is 16.6. The molecule has 0 saturated heterocycles. The summed E-state index contributed by atoms with van der Waals surface area (Å²) in [5.74, 6) is -0.665. The van der Waals surface area contributed by atoms with E-state index in [2.05, 4.69) is 17.6 Å². The van der Waals surface area contributed by atoms with Crippen molar-refractivity contribution >= 4 is 17.9 Å². The van der Waals surface area contributed by atoms with Gasteiger partial charge in [-0.25, -0.2) is 4.79 Å². The molecule has 156 valence electrons. The van der Waals surface area contributed by atoms with Crippen LogP contribution in [0.2, 0.25) is 0 Å². The fourth-order valence-electron chi connectivity index (χ4n) is 2.58. The lowest BCUT2D eigenvalue weighted by Crippen LogP contribution is -2.47. The van der Waals surface area contributed by atoms with Crippen LogP contribution in [0.5, 0.6) is 0 Å². The molecule has 0 saturated carbocycles. The second-order valence-electron chi connectivity index (χ2n) is 8.02. The Labute approximate surface area is 167 Å². The number of alkyl carbamates (subject to hydrolysis) is 1. The fourth-order valence-corrected chi connectivity index (χ4v) is 2.58. The summed E-state index contributed by atoms with van der Waals surface area (Å²) in [6, 6.07) is 6.75. The number of amides is 3. The Hall–Kier alpha value is -2.57. The number of hydrogen-bond acceptors (Lipinski definition) is 4. The predicted octanol–water partition coefficient (Wildman–Crippen LogP) is 2.80. The molecule has 0 aliphatic heterocycles. The van der Waals surface area contributed by atoms with Crippen LogP contribution in [0, 0.1) is 0 Å². The van der Waals surface area contributed by atoms with Gasteiger partial charge in [0.25, 0.3) is 0 Å². The van der Waals surface area contributed by atoms with Crippen molar-refractivity contribution < 1.29 is 19.1 Å². The predicted molar refractivity (Wildman–Crippen MR) is 109 cm³/mol. The van der Waals surface area contributed by atoms with Gasteiger partial charge >= 0.3 is 6.09 Å². The molecule has 0 spiro atoms. The van der Waals surface area contributed by atoms with Gasteiger partial charge in [-0.05, 0) is 52.2 Å².